The highest BCUT2D eigenvalue weighted by Crippen LogP contribution is 2.28. The summed E-state index contributed by atoms with van der Waals surface area (Å²) in [6.45, 7) is 1.88. The number of phenols is 1. The molecule has 1 aromatic heterocycles. The summed E-state index contributed by atoms with van der Waals surface area (Å²) in [5.41, 5.74) is 1.12. The number of rotatable bonds is 0. The average Bonchev–Trinajstić information content (AvgIpc) is 2.27. The third-order valence-electron chi connectivity index (χ3n) is 2.92. The molecule has 0 aliphatic carbocycles. The van der Waals surface area contributed by atoms with E-state index in [0.29, 0.717) is 5.58 Å². The van der Waals surface area contributed by atoms with Crippen molar-refractivity contribution in [3.05, 3.63) is 52.4 Å². The number of benzene rings is 2. The molecule has 0 saturated carbocycles. The molecule has 3 heteroatoms. The van der Waals surface area contributed by atoms with Gasteiger partial charge in [0, 0.05) is 16.8 Å². The molecule has 2 aromatic carbocycles. The smallest absolute Gasteiger partial charge is 0.336 e. The molecule has 0 saturated heterocycles. The average molecular weight is 226 g/mol. The standard InChI is InChI=1S/C14H10O3/c1-8-6-13(16)17-14-11(8)4-2-9-7-10(15)3-5-12(9)14/h2-7,15H,1H3. The first kappa shape index (κ1) is 9.90. The Balaban J connectivity index is 2.59. The van der Waals surface area contributed by atoms with Crippen molar-refractivity contribution >= 4 is 21.7 Å². The fourth-order valence-corrected chi connectivity index (χ4v) is 2.09. The van der Waals surface area contributed by atoms with Crippen LogP contribution in [0.3, 0.4) is 0 Å². The lowest BCUT2D eigenvalue weighted by Gasteiger charge is -2.04. The first-order valence-electron chi connectivity index (χ1n) is 5.31. The Kier molecular flexibility index (Phi) is 1.95. The molecule has 0 fully saturated rings. The van der Waals surface area contributed by atoms with Crippen LogP contribution in [0.4, 0.5) is 0 Å². The highest BCUT2D eigenvalue weighted by molar-refractivity contribution is 6.05. The van der Waals surface area contributed by atoms with Gasteiger partial charge in [-0.05, 0) is 36.1 Å². The van der Waals surface area contributed by atoms with Crippen molar-refractivity contribution < 1.29 is 9.52 Å². The zero-order chi connectivity index (χ0) is 12.0. The quantitative estimate of drug-likeness (QED) is 0.473. The van der Waals surface area contributed by atoms with Crippen LogP contribution in [-0.4, -0.2) is 5.11 Å². The van der Waals surface area contributed by atoms with Gasteiger partial charge in [0.2, 0.25) is 0 Å². The van der Waals surface area contributed by atoms with Gasteiger partial charge in [0.15, 0.2) is 0 Å². The zero-order valence-electron chi connectivity index (χ0n) is 9.23. The van der Waals surface area contributed by atoms with Gasteiger partial charge in [0.1, 0.15) is 11.3 Å². The predicted molar refractivity (Wildman–Crippen MR) is 66.4 cm³/mol. The van der Waals surface area contributed by atoms with Gasteiger partial charge < -0.3 is 9.52 Å². The van der Waals surface area contributed by atoms with Crippen molar-refractivity contribution in [2.45, 2.75) is 6.92 Å². The Morgan fingerprint density at radius 1 is 1.06 bits per heavy atom. The second kappa shape index (κ2) is 3.35. The fourth-order valence-electron chi connectivity index (χ4n) is 2.09. The van der Waals surface area contributed by atoms with Gasteiger partial charge in [-0.1, -0.05) is 12.1 Å². The van der Waals surface area contributed by atoms with Crippen molar-refractivity contribution in [2.75, 3.05) is 0 Å². The van der Waals surface area contributed by atoms with Crippen molar-refractivity contribution in [1.29, 1.82) is 0 Å². The van der Waals surface area contributed by atoms with Gasteiger partial charge in [-0.25, -0.2) is 4.79 Å². The molecule has 84 valence electrons. The van der Waals surface area contributed by atoms with Crippen LogP contribution in [0.5, 0.6) is 5.75 Å². The monoisotopic (exact) mass is 226 g/mol. The maximum atomic E-state index is 11.4. The van der Waals surface area contributed by atoms with Crippen molar-refractivity contribution in [3.63, 3.8) is 0 Å². The topological polar surface area (TPSA) is 50.4 Å². The minimum absolute atomic E-state index is 0.201. The molecule has 0 bridgehead atoms. The molecule has 3 aromatic rings. The lowest BCUT2D eigenvalue weighted by molar-refractivity contribution is 0.476. The van der Waals surface area contributed by atoms with Gasteiger partial charge in [0.05, 0.1) is 0 Å². The number of aromatic hydroxyl groups is 1. The second-order valence-corrected chi connectivity index (χ2v) is 4.10. The molecule has 1 heterocycles. The fraction of sp³-hybridized carbons (Fsp3) is 0.0714. The lowest BCUT2D eigenvalue weighted by atomic mass is 10.0. The van der Waals surface area contributed by atoms with E-state index in [1.54, 1.807) is 18.2 Å². The van der Waals surface area contributed by atoms with Crippen LogP contribution in [0.15, 0.2) is 45.6 Å². The molecular formula is C14H10O3. The van der Waals surface area contributed by atoms with Crippen LogP contribution in [0, 0.1) is 6.92 Å². The van der Waals surface area contributed by atoms with Crippen molar-refractivity contribution in [3.8, 4) is 5.75 Å². The summed E-state index contributed by atoms with van der Waals surface area (Å²) >= 11 is 0. The summed E-state index contributed by atoms with van der Waals surface area (Å²) in [5.74, 6) is 0.201. The first-order chi connectivity index (χ1) is 8.15. The Bertz CT molecular complexity index is 784. The molecule has 0 atom stereocenters. The molecule has 0 amide bonds. The lowest BCUT2D eigenvalue weighted by Crippen LogP contribution is -1.97. The molecule has 3 nitrogen and oxygen atoms in total. The van der Waals surface area contributed by atoms with E-state index in [-0.39, 0.29) is 11.4 Å². The van der Waals surface area contributed by atoms with Gasteiger partial charge in [-0.2, -0.15) is 0 Å². The van der Waals surface area contributed by atoms with E-state index < -0.39 is 0 Å². The SMILES string of the molecule is Cc1cc(=O)oc2c1ccc1cc(O)ccc12. The van der Waals surface area contributed by atoms with Crippen LogP contribution in [-0.2, 0) is 0 Å². The number of phenolic OH excluding ortho intramolecular Hbond substituents is 1. The molecule has 0 radical (unpaired) electrons. The maximum absolute atomic E-state index is 11.4. The Morgan fingerprint density at radius 2 is 1.82 bits per heavy atom. The highest BCUT2D eigenvalue weighted by Gasteiger charge is 2.06. The summed E-state index contributed by atoms with van der Waals surface area (Å²) in [6.07, 6.45) is 0. The first-order valence-corrected chi connectivity index (χ1v) is 5.31. The van der Waals surface area contributed by atoms with Gasteiger partial charge in [-0.15, -0.1) is 0 Å². The van der Waals surface area contributed by atoms with Crippen molar-refractivity contribution in [2.24, 2.45) is 0 Å². The Morgan fingerprint density at radius 3 is 2.65 bits per heavy atom. The van der Waals surface area contributed by atoms with E-state index in [1.165, 1.54) is 6.07 Å². The van der Waals surface area contributed by atoms with Crippen LogP contribution >= 0.6 is 0 Å². The third kappa shape index (κ3) is 1.47. The minimum Gasteiger partial charge on any atom is -0.508 e. The summed E-state index contributed by atoms with van der Waals surface area (Å²) < 4.78 is 5.26. The summed E-state index contributed by atoms with van der Waals surface area (Å²) in [4.78, 5) is 11.4. The number of hydrogen-bond acceptors (Lipinski definition) is 3. The summed E-state index contributed by atoms with van der Waals surface area (Å²) in [5, 5.41) is 12.0. The van der Waals surface area contributed by atoms with Gasteiger partial charge in [-0.3, -0.25) is 0 Å². The highest BCUT2D eigenvalue weighted by atomic mass is 16.4. The molecule has 0 aliphatic heterocycles. The van der Waals surface area contributed by atoms with Gasteiger partial charge >= 0.3 is 5.63 Å². The largest absolute Gasteiger partial charge is 0.508 e. The Labute approximate surface area is 96.9 Å². The summed E-state index contributed by atoms with van der Waals surface area (Å²) in [6, 6.07) is 10.3. The second-order valence-electron chi connectivity index (χ2n) is 4.10. The number of fused-ring (bicyclic) bond motifs is 3. The minimum atomic E-state index is -0.351. The molecular weight excluding hydrogens is 216 g/mol. The Hall–Kier alpha value is -2.29. The molecule has 0 unspecified atom stereocenters. The van der Waals surface area contributed by atoms with Crippen LogP contribution in [0.2, 0.25) is 0 Å². The van der Waals surface area contributed by atoms with Crippen LogP contribution in [0.25, 0.3) is 21.7 Å². The van der Waals surface area contributed by atoms with E-state index in [1.807, 2.05) is 19.1 Å². The number of hydrogen-bond donors (Lipinski definition) is 1. The van der Waals surface area contributed by atoms with E-state index in [0.717, 1.165) is 21.7 Å². The van der Waals surface area contributed by atoms with Gasteiger partial charge in [0.25, 0.3) is 0 Å². The summed E-state index contributed by atoms with van der Waals surface area (Å²) in [7, 11) is 0. The third-order valence-corrected chi connectivity index (χ3v) is 2.92. The van der Waals surface area contributed by atoms with Crippen LogP contribution < -0.4 is 5.63 Å². The number of aryl methyl sites for hydroxylation is 1. The molecule has 0 aliphatic rings. The van der Waals surface area contributed by atoms with Crippen molar-refractivity contribution in [1.82, 2.24) is 0 Å². The zero-order valence-corrected chi connectivity index (χ0v) is 9.23. The predicted octanol–water partition coefficient (Wildman–Crippen LogP) is 2.96. The normalized spacial score (nSPS) is 11.1. The van der Waals surface area contributed by atoms with E-state index in [2.05, 4.69) is 0 Å². The van der Waals surface area contributed by atoms with E-state index in [4.69, 9.17) is 4.42 Å². The molecule has 0 spiro atoms. The molecule has 1 N–H and O–H groups in total. The van der Waals surface area contributed by atoms with E-state index >= 15 is 0 Å². The molecule has 17 heavy (non-hydrogen) atoms. The maximum Gasteiger partial charge on any atom is 0.336 e. The van der Waals surface area contributed by atoms with E-state index in [9.17, 15) is 9.90 Å². The molecule has 3 rings (SSSR count). The van der Waals surface area contributed by atoms with Crippen LogP contribution in [0.1, 0.15) is 5.56 Å².